The first kappa shape index (κ1) is 16.5. The molecule has 4 atom stereocenters. The third-order valence-electron chi connectivity index (χ3n) is 5.93. The van der Waals surface area contributed by atoms with E-state index < -0.39 is 0 Å². The molecule has 2 aliphatic heterocycles. The Labute approximate surface area is 149 Å². The molecule has 0 bridgehead atoms. The van der Waals surface area contributed by atoms with Gasteiger partial charge in [0.25, 0.3) is 0 Å². The summed E-state index contributed by atoms with van der Waals surface area (Å²) >= 11 is 1.88. The summed E-state index contributed by atoms with van der Waals surface area (Å²) in [5.41, 5.74) is 4.57. The number of hydrogen-bond acceptors (Lipinski definition) is 4. The van der Waals surface area contributed by atoms with Crippen molar-refractivity contribution in [3.05, 3.63) is 29.3 Å². The highest BCUT2D eigenvalue weighted by atomic mass is 32.2. The average molecular weight is 345 g/mol. The number of likely N-dealkylation sites (tertiary alicyclic amines) is 1. The van der Waals surface area contributed by atoms with Crippen LogP contribution in [0.1, 0.15) is 56.1 Å². The molecular formula is C20H28N2OS. The molecule has 3 nitrogen and oxygen atoms in total. The second kappa shape index (κ2) is 6.72. The molecule has 1 aromatic carbocycles. The summed E-state index contributed by atoms with van der Waals surface area (Å²) in [7, 11) is 0. The van der Waals surface area contributed by atoms with Crippen molar-refractivity contribution < 1.29 is 4.79 Å². The van der Waals surface area contributed by atoms with E-state index in [4.69, 9.17) is 0 Å². The lowest BCUT2D eigenvalue weighted by atomic mass is 9.70. The summed E-state index contributed by atoms with van der Waals surface area (Å²) in [5, 5.41) is 4.21. The third-order valence-corrected chi connectivity index (χ3v) is 7.32. The standard InChI is InChI=1S/C20H28N2OS/c1-3-7-22-11-15(24-12-13(2)23)9-17-16-5-4-6-18-20(16)14(10-21-18)8-19(17)22/h4-6,14-15,17,19,21H,3,7-12H2,1-2H3. The van der Waals surface area contributed by atoms with Crippen LogP contribution in [-0.4, -0.2) is 47.4 Å². The molecule has 130 valence electrons. The topological polar surface area (TPSA) is 32.3 Å². The number of carbonyl (C=O) groups is 1. The molecule has 3 aliphatic rings. The first-order valence-electron chi connectivity index (χ1n) is 9.39. The second-order valence-corrected chi connectivity index (χ2v) is 8.95. The van der Waals surface area contributed by atoms with Crippen LogP contribution in [0.25, 0.3) is 0 Å². The smallest absolute Gasteiger partial charge is 0.139 e. The van der Waals surface area contributed by atoms with Crippen molar-refractivity contribution in [1.82, 2.24) is 4.90 Å². The molecule has 0 amide bonds. The van der Waals surface area contributed by atoms with Crippen molar-refractivity contribution in [2.45, 2.75) is 56.2 Å². The summed E-state index contributed by atoms with van der Waals surface area (Å²) in [6, 6.07) is 7.53. The molecule has 4 rings (SSSR count). The highest BCUT2D eigenvalue weighted by molar-refractivity contribution is 8.00. The molecule has 1 saturated heterocycles. The average Bonchev–Trinajstić information content (AvgIpc) is 2.99. The number of thioether (sulfide) groups is 1. The summed E-state index contributed by atoms with van der Waals surface area (Å²) in [5.74, 6) is 2.30. The Hall–Kier alpha value is -1.00. The Morgan fingerprint density at radius 2 is 2.25 bits per heavy atom. The predicted octanol–water partition coefficient (Wildman–Crippen LogP) is 3.86. The maximum Gasteiger partial charge on any atom is 0.139 e. The third kappa shape index (κ3) is 2.88. The van der Waals surface area contributed by atoms with Gasteiger partial charge in [0, 0.05) is 41.9 Å². The molecule has 24 heavy (non-hydrogen) atoms. The minimum atomic E-state index is 0.303. The van der Waals surface area contributed by atoms with E-state index in [2.05, 4.69) is 35.3 Å². The van der Waals surface area contributed by atoms with Crippen LogP contribution >= 0.6 is 11.8 Å². The van der Waals surface area contributed by atoms with Crippen LogP contribution in [0.15, 0.2) is 18.2 Å². The molecule has 0 saturated carbocycles. The summed E-state index contributed by atoms with van der Waals surface area (Å²) < 4.78 is 0. The zero-order valence-electron chi connectivity index (χ0n) is 14.8. The molecular weight excluding hydrogens is 316 g/mol. The van der Waals surface area contributed by atoms with Crippen molar-refractivity contribution in [3.63, 3.8) is 0 Å². The van der Waals surface area contributed by atoms with Crippen molar-refractivity contribution in [1.29, 1.82) is 0 Å². The SMILES string of the molecule is CCCN1CC(SCC(C)=O)CC2c3cccc4c3C(CN4)CC21. The molecule has 0 radical (unpaired) electrons. The molecule has 1 aromatic rings. The molecule has 2 heterocycles. The highest BCUT2D eigenvalue weighted by Gasteiger charge is 2.44. The monoisotopic (exact) mass is 344 g/mol. The molecule has 1 aliphatic carbocycles. The first-order chi connectivity index (χ1) is 11.7. The van der Waals surface area contributed by atoms with Gasteiger partial charge in [-0.2, -0.15) is 0 Å². The number of piperidine rings is 1. The largest absolute Gasteiger partial charge is 0.384 e. The van der Waals surface area contributed by atoms with Crippen molar-refractivity contribution in [2.24, 2.45) is 0 Å². The minimum Gasteiger partial charge on any atom is -0.384 e. The second-order valence-electron chi connectivity index (χ2n) is 7.66. The van der Waals surface area contributed by atoms with Crippen molar-refractivity contribution >= 4 is 23.2 Å². The van der Waals surface area contributed by atoms with Crippen LogP contribution in [-0.2, 0) is 4.79 Å². The number of carbonyl (C=O) groups excluding carboxylic acids is 1. The van der Waals surface area contributed by atoms with Crippen LogP contribution in [0.4, 0.5) is 5.69 Å². The van der Waals surface area contributed by atoms with Gasteiger partial charge in [-0.1, -0.05) is 19.1 Å². The number of nitrogens with zero attached hydrogens (tertiary/aromatic N) is 1. The number of Topliss-reactive ketones (excluding diaryl/α,β-unsaturated/α-hetero) is 1. The zero-order chi connectivity index (χ0) is 16.7. The van der Waals surface area contributed by atoms with Gasteiger partial charge in [0.2, 0.25) is 0 Å². The van der Waals surface area contributed by atoms with Crippen LogP contribution in [0.5, 0.6) is 0 Å². The number of fused-ring (bicyclic) bond motifs is 2. The number of benzene rings is 1. The van der Waals surface area contributed by atoms with Crippen LogP contribution in [0.2, 0.25) is 0 Å². The molecule has 1 fully saturated rings. The summed E-state index contributed by atoms with van der Waals surface area (Å²) in [6.45, 7) is 7.45. The summed E-state index contributed by atoms with van der Waals surface area (Å²) in [6.07, 6.45) is 3.74. The van der Waals surface area contributed by atoms with E-state index in [-0.39, 0.29) is 0 Å². The predicted molar refractivity (Wildman–Crippen MR) is 102 cm³/mol. The molecule has 4 heteroatoms. The van der Waals surface area contributed by atoms with E-state index in [1.807, 2.05) is 11.8 Å². The fraction of sp³-hybridized carbons (Fsp3) is 0.650. The van der Waals surface area contributed by atoms with E-state index in [1.165, 1.54) is 31.5 Å². The number of rotatable bonds is 5. The van der Waals surface area contributed by atoms with E-state index in [0.29, 0.717) is 34.7 Å². The Balaban J connectivity index is 1.63. The van der Waals surface area contributed by atoms with Crippen molar-refractivity contribution in [3.8, 4) is 0 Å². The molecule has 0 aromatic heterocycles. The van der Waals surface area contributed by atoms with Gasteiger partial charge in [-0.15, -0.1) is 11.8 Å². The van der Waals surface area contributed by atoms with Gasteiger partial charge in [-0.05, 0) is 49.9 Å². The lowest BCUT2D eigenvalue weighted by molar-refractivity contribution is -0.114. The highest BCUT2D eigenvalue weighted by Crippen LogP contribution is 2.51. The Kier molecular flexibility index (Phi) is 4.61. The maximum atomic E-state index is 11.4. The van der Waals surface area contributed by atoms with Gasteiger partial charge in [0.1, 0.15) is 5.78 Å². The van der Waals surface area contributed by atoms with Crippen molar-refractivity contribution in [2.75, 3.05) is 30.7 Å². The fourth-order valence-electron chi connectivity index (χ4n) is 5.06. The van der Waals surface area contributed by atoms with E-state index >= 15 is 0 Å². The number of hydrogen-bond donors (Lipinski definition) is 1. The van der Waals surface area contributed by atoms with E-state index in [0.717, 1.165) is 13.1 Å². The van der Waals surface area contributed by atoms with Gasteiger partial charge in [0.05, 0.1) is 5.75 Å². The Bertz CT molecular complexity index is 632. The number of ketones is 1. The maximum absolute atomic E-state index is 11.4. The Morgan fingerprint density at radius 3 is 3.04 bits per heavy atom. The van der Waals surface area contributed by atoms with Gasteiger partial charge in [-0.25, -0.2) is 0 Å². The van der Waals surface area contributed by atoms with Crippen LogP contribution in [0.3, 0.4) is 0 Å². The van der Waals surface area contributed by atoms with Gasteiger partial charge >= 0.3 is 0 Å². The lowest BCUT2D eigenvalue weighted by Crippen LogP contribution is -2.51. The Morgan fingerprint density at radius 1 is 1.38 bits per heavy atom. The van der Waals surface area contributed by atoms with E-state index in [9.17, 15) is 4.79 Å². The number of anilines is 1. The quantitative estimate of drug-likeness (QED) is 0.879. The van der Waals surface area contributed by atoms with Crippen LogP contribution < -0.4 is 5.32 Å². The minimum absolute atomic E-state index is 0.303. The molecule has 1 N–H and O–H groups in total. The zero-order valence-corrected chi connectivity index (χ0v) is 15.6. The summed E-state index contributed by atoms with van der Waals surface area (Å²) in [4.78, 5) is 14.2. The number of nitrogens with one attached hydrogen (secondary N) is 1. The first-order valence-corrected chi connectivity index (χ1v) is 10.4. The normalized spacial score (nSPS) is 31.2. The van der Waals surface area contributed by atoms with Gasteiger partial charge in [0.15, 0.2) is 0 Å². The van der Waals surface area contributed by atoms with Gasteiger partial charge < -0.3 is 5.32 Å². The molecule has 0 spiro atoms. The van der Waals surface area contributed by atoms with Gasteiger partial charge in [-0.3, -0.25) is 9.69 Å². The fourth-order valence-corrected chi connectivity index (χ4v) is 6.17. The van der Waals surface area contributed by atoms with E-state index in [1.54, 1.807) is 18.1 Å². The molecule has 4 unspecified atom stereocenters. The van der Waals surface area contributed by atoms with Crippen LogP contribution in [0, 0.1) is 0 Å². The lowest BCUT2D eigenvalue weighted by Gasteiger charge is -2.49.